The second kappa shape index (κ2) is 7.01. The molecule has 0 bridgehead atoms. The Hall–Kier alpha value is -1.55. The SMILES string of the molecule is CC(C)N(C)CCNC(=O)Cc1ccccc1N. The number of nitrogens with two attached hydrogens (primary N) is 1. The molecule has 0 fully saturated rings. The summed E-state index contributed by atoms with van der Waals surface area (Å²) in [5, 5.41) is 2.91. The molecular formula is C14H23N3O. The van der Waals surface area contributed by atoms with Gasteiger partial charge in [0.2, 0.25) is 5.91 Å². The van der Waals surface area contributed by atoms with Crippen molar-refractivity contribution in [2.24, 2.45) is 0 Å². The summed E-state index contributed by atoms with van der Waals surface area (Å²) in [5.74, 6) is 0.0186. The third-order valence-electron chi connectivity index (χ3n) is 3.07. The number of carbonyl (C=O) groups excluding carboxylic acids is 1. The fraction of sp³-hybridized carbons (Fsp3) is 0.500. The molecule has 1 amide bonds. The van der Waals surface area contributed by atoms with Crippen LogP contribution >= 0.6 is 0 Å². The van der Waals surface area contributed by atoms with Gasteiger partial charge in [0, 0.05) is 24.8 Å². The molecule has 0 saturated heterocycles. The van der Waals surface area contributed by atoms with E-state index >= 15 is 0 Å². The summed E-state index contributed by atoms with van der Waals surface area (Å²) >= 11 is 0. The van der Waals surface area contributed by atoms with Gasteiger partial charge in [-0.2, -0.15) is 0 Å². The Labute approximate surface area is 109 Å². The Balaban J connectivity index is 2.33. The fourth-order valence-corrected chi connectivity index (χ4v) is 1.56. The van der Waals surface area contributed by atoms with Gasteiger partial charge in [0.05, 0.1) is 6.42 Å². The van der Waals surface area contributed by atoms with Gasteiger partial charge in [-0.05, 0) is 32.5 Å². The van der Waals surface area contributed by atoms with Crippen molar-refractivity contribution in [2.45, 2.75) is 26.3 Å². The van der Waals surface area contributed by atoms with Crippen LogP contribution in [0.4, 0.5) is 5.69 Å². The van der Waals surface area contributed by atoms with Crippen LogP contribution in [0.1, 0.15) is 19.4 Å². The number of benzene rings is 1. The second-order valence-corrected chi connectivity index (χ2v) is 4.80. The van der Waals surface area contributed by atoms with E-state index in [1.165, 1.54) is 0 Å². The molecule has 0 aliphatic heterocycles. The summed E-state index contributed by atoms with van der Waals surface area (Å²) in [6, 6.07) is 7.95. The van der Waals surface area contributed by atoms with Crippen molar-refractivity contribution in [2.75, 3.05) is 25.9 Å². The molecule has 100 valence electrons. The maximum absolute atomic E-state index is 11.7. The molecule has 18 heavy (non-hydrogen) atoms. The minimum atomic E-state index is 0.0186. The lowest BCUT2D eigenvalue weighted by atomic mass is 10.1. The highest BCUT2D eigenvalue weighted by Crippen LogP contribution is 2.10. The Morgan fingerprint density at radius 3 is 2.67 bits per heavy atom. The molecule has 1 aromatic rings. The Kier molecular flexibility index (Phi) is 5.65. The Morgan fingerprint density at radius 2 is 2.06 bits per heavy atom. The molecular weight excluding hydrogens is 226 g/mol. The smallest absolute Gasteiger partial charge is 0.224 e. The predicted molar refractivity (Wildman–Crippen MR) is 75.3 cm³/mol. The average molecular weight is 249 g/mol. The number of carbonyl (C=O) groups is 1. The summed E-state index contributed by atoms with van der Waals surface area (Å²) in [7, 11) is 2.05. The molecule has 3 N–H and O–H groups in total. The van der Waals surface area contributed by atoms with Crippen molar-refractivity contribution in [1.82, 2.24) is 10.2 Å². The summed E-state index contributed by atoms with van der Waals surface area (Å²) in [5.41, 5.74) is 7.35. The van der Waals surface area contributed by atoms with Crippen LogP contribution in [0.5, 0.6) is 0 Å². The van der Waals surface area contributed by atoms with Crippen molar-refractivity contribution in [3.63, 3.8) is 0 Å². The van der Waals surface area contributed by atoms with Crippen LogP contribution in [-0.4, -0.2) is 37.0 Å². The van der Waals surface area contributed by atoms with Crippen LogP contribution in [0.15, 0.2) is 24.3 Å². The first kappa shape index (κ1) is 14.5. The number of nitrogens with zero attached hydrogens (tertiary/aromatic N) is 1. The first-order valence-corrected chi connectivity index (χ1v) is 6.31. The van der Waals surface area contributed by atoms with Crippen LogP contribution < -0.4 is 11.1 Å². The first-order chi connectivity index (χ1) is 8.50. The van der Waals surface area contributed by atoms with E-state index in [1.807, 2.05) is 31.3 Å². The third kappa shape index (κ3) is 4.75. The maximum Gasteiger partial charge on any atom is 0.224 e. The van der Waals surface area contributed by atoms with Gasteiger partial charge in [0.1, 0.15) is 0 Å². The molecule has 1 aromatic carbocycles. The molecule has 0 aromatic heterocycles. The lowest BCUT2D eigenvalue weighted by molar-refractivity contribution is -0.120. The largest absolute Gasteiger partial charge is 0.398 e. The number of nitrogen functional groups attached to an aromatic ring is 1. The highest BCUT2D eigenvalue weighted by Gasteiger charge is 2.07. The lowest BCUT2D eigenvalue weighted by Gasteiger charge is -2.20. The zero-order valence-corrected chi connectivity index (χ0v) is 11.4. The van der Waals surface area contributed by atoms with Crippen molar-refractivity contribution in [1.29, 1.82) is 0 Å². The standard InChI is InChI=1S/C14H23N3O/c1-11(2)17(3)9-8-16-14(18)10-12-6-4-5-7-13(12)15/h4-7,11H,8-10,15H2,1-3H3,(H,16,18). The number of rotatable bonds is 6. The number of anilines is 1. The molecule has 1 rings (SSSR count). The van der Waals surface area contributed by atoms with Gasteiger partial charge < -0.3 is 16.0 Å². The van der Waals surface area contributed by atoms with E-state index in [9.17, 15) is 4.79 Å². The molecule has 4 heteroatoms. The highest BCUT2D eigenvalue weighted by atomic mass is 16.1. The zero-order chi connectivity index (χ0) is 13.5. The maximum atomic E-state index is 11.7. The Bertz CT molecular complexity index is 390. The molecule has 0 unspecified atom stereocenters. The van der Waals surface area contributed by atoms with E-state index in [0.29, 0.717) is 24.7 Å². The topological polar surface area (TPSA) is 58.4 Å². The Morgan fingerprint density at radius 1 is 1.39 bits per heavy atom. The molecule has 0 aliphatic carbocycles. The van der Waals surface area contributed by atoms with Gasteiger partial charge in [0.25, 0.3) is 0 Å². The van der Waals surface area contributed by atoms with Gasteiger partial charge >= 0.3 is 0 Å². The quantitative estimate of drug-likeness (QED) is 0.746. The highest BCUT2D eigenvalue weighted by molar-refractivity contribution is 5.80. The van der Waals surface area contributed by atoms with E-state index in [-0.39, 0.29) is 5.91 Å². The number of para-hydroxylation sites is 1. The van der Waals surface area contributed by atoms with Crippen molar-refractivity contribution in [3.05, 3.63) is 29.8 Å². The van der Waals surface area contributed by atoms with Crippen molar-refractivity contribution in [3.8, 4) is 0 Å². The van der Waals surface area contributed by atoms with Crippen LogP contribution in [0.3, 0.4) is 0 Å². The van der Waals surface area contributed by atoms with Gasteiger partial charge in [-0.3, -0.25) is 4.79 Å². The first-order valence-electron chi connectivity index (χ1n) is 6.31. The van der Waals surface area contributed by atoms with Gasteiger partial charge in [-0.1, -0.05) is 18.2 Å². The monoisotopic (exact) mass is 249 g/mol. The summed E-state index contributed by atoms with van der Waals surface area (Å²) in [4.78, 5) is 13.9. The normalized spacial score (nSPS) is 10.9. The number of hydrogen-bond donors (Lipinski definition) is 2. The number of likely N-dealkylation sites (N-methyl/N-ethyl adjacent to an activating group) is 1. The summed E-state index contributed by atoms with van der Waals surface area (Å²) in [6.45, 7) is 5.78. The van der Waals surface area contributed by atoms with Gasteiger partial charge in [-0.25, -0.2) is 0 Å². The lowest BCUT2D eigenvalue weighted by Crippen LogP contribution is -2.36. The number of nitrogens with one attached hydrogen (secondary N) is 1. The van der Waals surface area contributed by atoms with E-state index < -0.39 is 0 Å². The number of amides is 1. The molecule has 0 aliphatic rings. The molecule has 4 nitrogen and oxygen atoms in total. The second-order valence-electron chi connectivity index (χ2n) is 4.80. The van der Waals surface area contributed by atoms with Gasteiger partial charge in [0.15, 0.2) is 0 Å². The molecule has 0 heterocycles. The molecule has 0 radical (unpaired) electrons. The van der Waals surface area contributed by atoms with Gasteiger partial charge in [-0.15, -0.1) is 0 Å². The minimum absolute atomic E-state index is 0.0186. The molecule has 0 saturated carbocycles. The van der Waals surface area contributed by atoms with Crippen molar-refractivity contribution >= 4 is 11.6 Å². The average Bonchev–Trinajstić information content (AvgIpc) is 2.32. The van der Waals surface area contributed by atoms with Crippen LogP contribution in [0.25, 0.3) is 0 Å². The van der Waals surface area contributed by atoms with Crippen molar-refractivity contribution < 1.29 is 4.79 Å². The van der Waals surface area contributed by atoms with E-state index in [2.05, 4.69) is 24.1 Å². The van der Waals surface area contributed by atoms with Crippen LogP contribution in [0, 0.1) is 0 Å². The van der Waals surface area contributed by atoms with Crippen LogP contribution in [0.2, 0.25) is 0 Å². The van der Waals surface area contributed by atoms with E-state index in [1.54, 1.807) is 0 Å². The van der Waals surface area contributed by atoms with E-state index in [0.717, 1.165) is 12.1 Å². The molecule has 0 spiro atoms. The van der Waals surface area contributed by atoms with Crippen LogP contribution in [-0.2, 0) is 11.2 Å². The fourth-order valence-electron chi connectivity index (χ4n) is 1.56. The summed E-state index contributed by atoms with van der Waals surface area (Å²) in [6.07, 6.45) is 0.345. The minimum Gasteiger partial charge on any atom is -0.398 e. The third-order valence-corrected chi connectivity index (χ3v) is 3.07. The van der Waals surface area contributed by atoms with E-state index in [4.69, 9.17) is 5.73 Å². The number of hydrogen-bond acceptors (Lipinski definition) is 3. The summed E-state index contributed by atoms with van der Waals surface area (Å²) < 4.78 is 0. The molecule has 0 atom stereocenters. The predicted octanol–water partition coefficient (Wildman–Crippen LogP) is 1.27. The zero-order valence-electron chi connectivity index (χ0n) is 11.4.